The van der Waals surface area contributed by atoms with Crippen molar-refractivity contribution in [1.82, 2.24) is 4.90 Å². The fraction of sp³-hybridized carbons (Fsp3) is 0.174. The van der Waals surface area contributed by atoms with Gasteiger partial charge in [0.1, 0.15) is 17.3 Å². The summed E-state index contributed by atoms with van der Waals surface area (Å²) >= 11 is 5.85. The highest BCUT2D eigenvalue weighted by Crippen LogP contribution is 2.27. The van der Waals surface area contributed by atoms with Gasteiger partial charge in [-0.05, 0) is 73.2 Å². The summed E-state index contributed by atoms with van der Waals surface area (Å²) in [5, 5.41) is -0.207. The number of nitrogens with zero attached hydrogens (tertiary/aromatic N) is 1. The molecule has 1 heterocycles. The number of carbonyl (C=O) groups excluding carboxylic acids is 1. The zero-order valence-corrected chi connectivity index (χ0v) is 17.9. The van der Waals surface area contributed by atoms with E-state index in [9.17, 15) is 17.6 Å². The highest BCUT2D eigenvalue weighted by molar-refractivity contribution is 7.92. The predicted molar refractivity (Wildman–Crippen MR) is 116 cm³/mol. The lowest BCUT2D eigenvalue weighted by Gasteiger charge is -2.17. The maximum absolute atomic E-state index is 13.1. The fourth-order valence-electron chi connectivity index (χ4n) is 3.50. The second-order valence-electron chi connectivity index (χ2n) is 7.24. The van der Waals surface area contributed by atoms with E-state index in [-0.39, 0.29) is 23.2 Å². The summed E-state index contributed by atoms with van der Waals surface area (Å²) in [6, 6.07) is 18.2. The number of benzene rings is 3. The summed E-state index contributed by atoms with van der Waals surface area (Å²) in [5.41, 5.74) is 0.393. The van der Waals surface area contributed by atoms with Crippen molar-refractivity contribution in [2.24, 2.45) is 0 Å². The van der Waals surface area contributed by atoms with E-state index in [1.165, 1.54) is 41.3 Å². The van der Waals surface area contributed by atoms with Crippen molar-refractivity contribution in [2.75, 3.05) is 13.1 Å². The number of ether oxygens (including phenoxy) is 1. The van der Waals surface area contributed by atoms with E-state index in [1.807, 2.05) is 0 Å². The summed E-state index contributed by atoms with van der Waals surface area (Å²) in [6.45, 7) is 0.464. The van der Waals surface area contributed by atoms with Crippen LogP contribution in [0, 0.1) is 5.82 Å². The minimum Gasteiger partial charge on any atom is -0.457 e. The molecule has 4 rings (SSSR count). The minimum atomic E-state index is -3.56. The van der Waals surface area contributed by atoms with Gasteiger partial charge >= 0.3 is 0 Å². The van der Waals surface area contributed by atoms with Crippen molar-refractivity contribution in [3.63, 3.8) is 0 Å². The number of rotatable bonds is 5. The molecule has 0 radical (unpaired) electrons. The average Bonchev–Trinajstić information content (AvgIpc) is 3.27. The third-order valence-corrected chi connectivity index (χ3v) is 7.59. The van der Waals surface area contributed by atoms with Crippen LogP contribution in [0.5, 0.6) is 11.5 Å². The van der Waals surface area contributed by atoms with Crippen LogP contribution in [0.2, 0.25) is 5.02 Å². The van der Waals surface area contributed by atoms with E-state index in [0.717, 1.165) is 0 Å². The van der Waals surface area contributed by atoms with Crippen molar-refractivity contribution in [3.05, 3.63) is 89.2 Å². The molecule has 8 heteroatoms. The number of carbonyl (C=O) groups is 1. The summed E-state index contributed by atoms with van der Waals surface area (Å²) in [4.78, 5) is 14.7. The van der Waals surface area contributed by atoms with Gasteiger partial charge in [-0.3, -0.25) is 4.79 Å². The molecule has 0 N–H and O–H groups in total. The van der Waals surface area contributed by atoms with Crippen molar-refractivity contribution < 1.29 is 22.3 Å². The Bertz CT molecular complexity index is 1200. The van der Waals surface area contributed by atoms with Crippen LogP contribution in [0.3, 0.4) is 0 Å². The number of hydrogen-bond acceptors (Lipinski definition) is 4. The summed E-state index contributed by atoms with van der Waals surface area (Å²) in [6.07, 6.45) is 0.364. The van der Waals surface area contributed by atoms with Crippen LogP contribution < -0.4 is 4.74 Å². The van der Waals surface area contributed by atoms with Crippen LogP contribution in [-0.2, 0) is 9.84 Å². The number of sulfone groups is 1. The molecule has 0 saturated carbocycles. The summed E-state index contributed by atoms with van der Waals surface area (Å²) in [7, 11) is -3.56. The largest absolute Gasteiger partial charge is 0.457 e. The Balaban J connectivity index is 1.47. The monoisotopic (exact) mass is 459 g/mol. The first kappa shape index (κ1) is 21.3. The Kier molecular flexibility index (Phi) is 5.98. The Morgan fingerprint density at radius 2 is 1.71 bits per heavy atom. The lowest BCUT2D eigenvalue weighted by Crippen LogP contribution is -2.31. The molecule has 1 unspecified atom stereocenters. The van der Waals surface area contributed by atoms with Gasteiger partial charge < -0.3 is 9.64 Å². The van der Waals surface area contributed by atoms with Crippen molar-refractivity contribution in [2.45, 2.75) is 16.6 Å². The molecule has 31 heavy (non-hydrogen) atoms. The maximum atomic E-state index is 13.1. The van der Waals surface area contributed by atoms with Gasteiger partial charge in [-0.15, -0.1) is 0 Å². The molecule has 1 atom stereocenters. The summed E-state index contributed by atoms with van der Waals surface area (Å²) in [5.74, 6) is 0.245. The molecule has 1 aliphatic rings. The van der Waals surface area contributed by atoms with Gasteiger partial charge in [0.25, 0.3) is 5.91 Å². The molecule has 1 saturated heterocycles. The standard InChI is InChI=1S/C23H19ClFNO4S/c24-17-4-10-21(11-5-17)31(28,29)22-12-13-26(15-22)23(27)16-2-1-3-20(14-16)30-19-8-6-18(25)7-9-19/h1-11,14,22H,12-13,15H2. The Hall–Kier alpha value is -2.90. The molecule has 3 aromatic carbocycles. The van der Waals surface area contributed by atoms with Crippen LogP contribution >= 0.6 is 11.6 Å². The molecule has 3 aromatic rings. The zero-order chi connectivity index (χ0) is 22.0. The third kappa shape index (κ3) is 4.73. The van der Waals surface area contributed by atoms with Crippen LogP contribution in [-0.4, -0.2) is 37.6 Å². The Morgan fingerprint density at radius 3 is 2.42 bits per heavy atom. The SMILES string of the molecule is O=C(c1cccc(Oc2ccc(F)cc2)c1)N1CCC(S(=O)(=O)c2ccc(Cl)cc2)C1. The summed E-state index contributed by atoms with van der Waals surface area (Å²) < 4.78 is 44.5. The first-order chi connectivity index (χ1) is 14.8. The molecule has 160 valence electrons. The lowest BCUT2D eigenvalue weighted by molar-refractivity contribution is 0.0793. The van der Waals surface area contributed by atoms with Crippen LogP contribution in [0.1, 0.15) is 16.8 Å². The molecule has 0 bridgehead atoms. The van der Waals surface area contributed by atoms with Gasteiger partial charge in [-0.1, -0.05) is 17.7 Å². The third-order valence-electron chi connectivity index (χ3n) is 5.14. The quantitative estimate of drug-likeness (QED) is 0.541. The van der Waals surface area contributed by atoms with Crippen LogP contribution in [0.4, 0.5) is 4.39 Å². The van der Waals surface area contributed by atoms with Crippen LogP contribution in [0.25, 0.3) is 0 Å². The number of hydrogen-bond donors (Lipinski definition) is 0. The Morgan fingerprint density at radius 1 is 1.00 bits per heavy atom. The molecule has 1 fully saturated rings. The van der Waals surface area contributed by atoms with Gasteiger partial charge in [-0.2, -0.15) is 0 Å². The molecule has 0 spiro atoms. The van der Waals surface area contributed by atoms with Gasteiger partial charge in [0.05, 0.1) is 10.1 Å². The number of likely N-dealkylation sites (tertiary alicyclic amines) is 1. The highest BCUT2D eigenvalue weighted by atomic mass is 35.5. The molecular weight excluding hydrogens is 441 g/mol. The average molecular weight is 460 g/mol. The van der Waals surface area contributed by atoms with E-state index >= 15 is 0 Å². The minimum absolute atomic E-state index is 0.118. The fourth-order valence-corrected chi connectivity index (χ4v) is 5.31. The normalized spacial score (nSPS) is 16.3. The molecule has 0 aliphatic carbocycles. The van der Waals surface area contributed by atoms with Crippen molar-refractivity contribution in [1.29, 1.82) is 0 Å². The Labute approximate surface area is 184 Å². The van der Waals surface area contributed by atoms with Gasteiger partial charge in [0, 0.05) is 23.7 Å². The molecular formula is C23H19ClFNO4S. The number of halogens is 2. The van der Waals surface area contributed by atoms with Gasteiger partial charge in [0.2, 0.25) is 0 Å². The second-order valence-corrected chi connectivity index (χ2v) is 9.91. The van der Waals surface area contributed by atoms with Gasteiger partial charge in [0.15, 0.2) is 9.84 Å². The lowest BCUT2D eigenvalue weighted by atomic mass is 10.2. The number of amides is 1. The molecule has 0 aromatic heterocycles. The smallest absolute Gasteiger partial charge is 0.254 e. The topological polar surface area (TPSA) is 63.7 Å². The molecule has 1 amide bonds. The van der Waals surface area contributed by atoms with Gasteiger partial charge in [-0.25, -0.2) is 12.8 Å². The van der Waals surface area contributed by atoms with E-state index in [0.29, 0.717) is 35.1 Å². The predicted octanol–water partition coefficient (Wildman–Crippen LogP) is 4.96. The van der Waals surface area contributed by atoms with Crippen molar-refractivity contribution in [3.8, 4) is 11.5 Å². The first-order valence-electron chi connectivity index (χ1n) is 9.65. The zero-order valence-electron chi connectivity index (χ0n) is 16.4. The van der Waals surface area contributed by atoms with E-state index in [2.05, 4.69) is 0 Å². The van der Waals surface area contributed by atoms with E-state index in [4.69, 9.17) is 16.3 Å². The van der Waals surface area contributed by atoms with E-state index in [1.54, 1.807) is 36.4 Å². The van der Waals surface area contributed by atoms with E-state index < -0.39 is 15.1 Å². The molecule has 5 nitrogen and oxygen atoms in total. The molecule has 1 aliphatic heterocycles. The highest BCUT2D eigenvalue weighted by Gasteiger charge is 2.36. The maximum Gasteiger partial charge on any atom is 0.254 e. The first-order valence-corrected chi connectivity index (χ1v) is 11.6. The second kappa shape index (κ2) is 8.69. The van der Waals surface area contributed by atoms with Crippen LogP contribution in [0.15, 0.2) is 77.7 Å². The van der Waals surface area contributed by atoms with Crippen molar-refractivity contribution >= 4 is 27.3 Å².